The van der Waals surface area contributed by atoms with Crippen LogP contribution < -0.4 is 0 Å². The predicted molar refractivity (Wildman–Crippen MR) is 77.6 cm³/mol. The van der Waals surface area contributed by atoms with Crippen molar-refractivity contribution in [3.8, 4) is 11.1 Å². The third-order valence-electron chi connectivity index (χ3n) is 3.03. The van der Waals surface area contributed by atoms with Crippen LogP contribution in [0.5, 0.6) is 0 Å². The van der Waals surface area contributed by atoms with Crippen molar-refractivity contribution in [2.45, 2.75) is 0 Å². The number of carbonyl (C=O) groups excluding carboxylic acids is 1. The number of benzene rings is 2. The van der Waals surface area contributed by atoms with Crippen LogP contribution in [-0.4, -0.2) is 11.3 Å². The first kappa shape index (κ1) is 11.9. The Morgan fingerprint density at radius 1 is 1.05 bits per heavy atom. The van der Waals surface area contributed by atoms with Gasteiger partial charge in [-0.1, -0.05) is 29.8 Å². The van der Waals surface area contributed by atoms with Crippen molar-refractivity contribution in [3.63, 3.8) is 0 Å². The van der Waals surface area contributed by atoms with Crippen LogP contribution in [0.2, 0.25) is 5.02 Å². The van der Waals surface area contributed by atoms with E-state index >= 15 is 0 Å². The lowest BCUT2D eigenvalue weighted by Gasteiger charge is -2.05. The second kappa shape index (κ2) is 4.82. The maximum atomic E-state index is 10.8. The number of hydrogen-bond acceptors (Lipinski definition) is 2. The van der Waals surface area contributed by atoms with Crippen molar-refractivity contribution in [2.24, 2.45) is 0 Å². The smallest absolute Gasteiger partial charge is 0.150 e. The highest BCUT2D eigenvalue weighted by atomic mass is 35.5. The number of halogens is 1. The van der Waals surface area contributed by atoms with E-state index in [1.165, 1.54) is 0 Å². The van der Waals surface area contributed by atoms with Gasteiger partial charge in [-0.15, -0.1) is 0 Å². The maximum Gasteiger partial charge on any atom is 0.150 e. The van der Waals surface area contributed by atoms with Crippen LogP contribution in [0.15, 0.2) is 54.7 Å². The number of pyridine rings is 1. The van der Waals surface area contributed by atoms with Gasteiger partial charge in [0, 0.05) is 33.3 Å². The summed E-state index contributed by atoms with van der Waals surface area (Å²) in [6, 6.07) is 15.1. The quantitative estimate of drug-likeness (QED) is 0.646. The van der Waals surface area contributed by atoms with E-state index in [0.29, 0.717) is 10.6 Å². The summed E-state index contributed by atoms with van der Waals surface area (Å²) in [6.07, 6.45) is 2.63. The van der Waals surface area contributed by atoms with Gasteiger partial charge in [0.05, 0.1) is 5.52 Å². The minimum absolute atomic E-state index is 0.644. The van der Waals surface area contributed by atoms with Gasteiger partial charge in [-0.05, 0) is 30.3 Å². The molecule has 0 aliphatic heterocycles. The van der Waals surface area contributed by atoms with Gasteiger partial charge in [-0.25, -0.2) is 0 Å². The highest BCUT2D eigenvalue weighted by molar-refractivity contribution is 6.33. The molecule has 3 heteroatoms. The molecule has 3 rings (SSSR count). The second-order valence-electron chi connectivity index (χ2n) is 4.27. The summed E-state index contributed by atoms with van der Waals surface area (Å²) in [5.74, 6) is 0. The lowest BCUT2D eigenvalue weighted by molar-refractivity contribution is 0.112. The van der Waals surface area contributed by atoms with Crippen LogP contribution in [0.25, 0.3) is 22.0 Å². The van der Waals surface area contributed by atoms with Gasteiger partial charge in [0.25, 0.3) is 0 Å². The van der Waals surface area contributed by atoms with Crippen LogP contribution in [0, 0.1) is 0 Å². The molecule has 2 nitrogen and oxygen atoms in total. The number of carbonyl (C=O) groups is 1. The Hall–Kier alpha value is -2.19. The maximum absolute atomic E-state index is 10.8. The van der Waals surface area contributed by atoms with Crippen LogP contribution in [0.4, 0.5) is 0 Å². The second-order valence-corrected chi connectivity index (χ2v) is 4.68. The zero-order chi connectivity index (χ0) is 13.2. The van der Waals surface area contributed by atoms with E-state index < -0.39 is 0 Å². The average Bonchev–Trinajstić information content (AvgIpc) is 2.46. The SMILES string of the molecule is O=Cc1ccc2ncc(-c3ccccc3Cl)cc2c1. The van der Waals surface area contributed by atoms with E-state index in [-0.39, 0.29) is 0 Å². The molecule has 0 bridgehead atoms. The summed E-state index contributed by atoms with van der Waals surface area (Å²) in [7, 11) is 0. The van der Waals surface area contributed by atoms with Gasteiger partial charge in [-0.2, -0.15) is 0 Å². The average molecular weight is 268 g/mol. The van der Waals surface area contributed by atoms with E-state index in [9.17, 15) is 4.79 Å². The Kier molecular flexibility index (Phi) is 3.02. The van der Waals surface area contributed by atoms with Crippen LogP contribution in [0.3, 0.4) is 0 Å². The lowest BCUT2D eigenvalue weighted by atomic mass is 10.0. The monoisotopic (exact) mass is 267 g/mol. The van der Waals surface area contributed by atoms with E-state index in [1.54, 1.807) is 12.3 Å². The fourth-order valence-corrected chi connectivity index (χ4v) is 2.31. The molecule has 0 atom stereocenters. The number of nitrogens with zero attached hydrogens (tertiary/aromatic N) is 1. The topological polar surface area (TPSA) is 30.0 Å². The van der Waals surface area contributed by atoms with Crippen molar-refractivity contribution in [1.82, 2.24) is 4.98 Å². The summed E-state index contributed by atoms with van der Waals surface area (Å²) in [5.41, 5.74) is 3.39. The van der Waals surface area contributed by atoms with Gasteiger partial charge in [0.1, 0.15) is 6.29 Å². The summed E-state index contributed by atoms with van der Waals surface area (Å²) in [6.45, 7) is 0. The Labute approximate surface area is 115 Å². The summed E-state index contributed by atoms with van der Waals surface area (Å²) in [5, 5.41) is 1.62. The minimum atomic E-state index is 0.644. The fraction of sp³-hybridized carbons (Fsp3) is 0. The van der Waals surface area contributed by atoms with Gasteiger partial charge in [0.15, 0.2) is 0 Å². The number of aromatic nitrogens is 1. The molecule has 2 aromatic carbocycles. The molecule has 0 aliphatic rings. The molecule has 0 fully saturated rings. The highest BCUT2D eigenvalue weighted by Gasteiger charge is 2.05. The van der Waals surface area contributed by atoms with E-state index in [1.807, 2.05) is 42.5 Å². The predicted octanol–water partition coefficient (Wildman–Crippen LogP) is 4.37. The zero-order valence-corrected chi connectivity index (χ0v) is 10.8. The summed E-state index contributed by atoms with van der Waals surface area (Å²) in [4.78, 5) is 15.2. The number of fused-ring (bicyclic) bond motifs is 1. The van der Waals surface area contributed by atoms with Crippen LogP contribution in [0.1, 0.15) is 10.4 Å². The molecular formula is C16H10ClNO. The number of rotatable bonds is 2. The third-order valence-corrected chi connectivity index (χ3v) is 3.36. The Bertz CT molecular complexity index is 768. The van der Waals surface area contributed by atoms with E-state index in [0.717, 1.165) is 28.3 Å². The van der Waals surface area contributed by atoms with Crippen LogP contribution >= 0.6 is 11.6 Å². The largest absolute Gasteiger partial charge is 0.298 e. The standard InChI is InChI=1S/C16H10ClNO/c17-15-4-2-1-3-14(15)13-8-12-7-11(10-19)5-6-16(12)18-9-13/h1-10H. The molecule has 0 saturated heterocycles. The van der Waals surface area contributed by atoms with Gasteiger partial charge >= 0.3 is 0 Å². The summed E-state index contributed by atoms with van der Waals surface area (Å²) < 4.78 is 0. The summed E-state index contributed by atoms with van der Waals surface area (Å²) >= 11 is 6.18. The Morgan fingerprint density at radius 3 is 2.68 bits per heavy atom. The molecule has 0 unspecified atom stereocenters. The number of aldehydes is 1. The van der Waals surface area contributed by atoms with E-state index in [4.69, 9.17) is 11.6 Å². The molecule has 0 N–H and O–H groups in total. The first-order valence-corrected chi connectivity index (χ1v) is 6.25. The first-order valence-electron chi connectivity index (χ1n) is 5.88. The van der Waals surface area contributed by atoms with E-state index in [2.05, 4.69) is 4.98 Å². The Balaban J connectivity index is 2.21. The molecule has 0 amide bonds. The van der Waals surface area contributed by atoms with Crippen molar-refractivity contribution in [2.75, 3.05) is 0 Å². The van der Waals surface area contributed by atoms with Gasteiger partial charge in [0.2, 0.25) is 0 Å². The molecule has 0 saturated carbocycles. The lowest BCUT2D eigenvalue weighted by Crippen LogP contribution is -1.86. The van der Waals surface area contributed by atoms with Crippen molar-refractivity contribution < 1.29 is 4.79 Å². The molecule has 1 heterocycles. The van der Waals surface area contributed by atoms with Crippen molar-refractivity contribution in [1.29, 1.82) is 0 Å². The van der Waals surface area contributed by atoms with Crippen molar-refractivity contribution >= 4 is 28.8 Å². The molecule has 92 valence electrons. The minimum Gasteiger partial charge on any atom is -0.298 e. The van der Waals surface area contributed by atoms with Gasteiger partial charge in [-0.3, -0.25) is 9.78 Å². The molecule has 0 radical (unpaired) electrons. The highest BCUT2D eigenvalue weighted by Crippen LogP contribution is 2.29. The molecule has 0 spiro atoms. The van der Waals surface area contributed by atoms with Crippen molar-refractivity contribution in [3.05, 3.63) is 65.3 Å². The molecule has 1 aromatic heterocycles. The fourth-order valence-electron chi connectivity index (χ4n) is 2.07. The zero-order valence-electron chi connectivity index (χ0n) is 10.0. The molecule has 0 aliphatic carbocycles. The molecular weight excluding hydrogens is 258 g/mol. The van der Waals surface area contributed by atoms with Crippen LogP contribution in [-0.2, 0) is 0 Å². The normalized spacial score (nSPS) is 10.6. The molecule has 3 aromatic rings. The number of hydrogen-bond donors (Lipinski definition) is 0. The Morgan fingerprint density at radius 2 is 1.89 bits per heavy atom. The first-order chi connectivity index (χ1) is 9.28. The van der Waals surface area contributed by atoms with Gasteiger partial charge < -0.3 is 0 Å². The third kappa shape index (κ3) is 2.23. The molecule has 19 heavy (non-hydrogen) atoms.